The van der Waals surface area contributed by atoms with Gasteiger partial charge in [-0.2, -0.15) is 0 Å². The van der Waals surface area contributed by atoms with Crippen LogP contribution in [0.4, 0.5) is 0 Å². The van der Waals surface area contributed by atoms with Crippen molar-refractivity contribution in [2.45, 2.75) is 57.4 Å². The minimum absolute atomic E-state index is 0.133. The Morgan fingerprint density at radius 3 is 1.43 bits per heavy atom. The summed E-state index contributed by atoms with van der Waals surface area (Å²) >= 11 is 0. The summed E-state index contributed by atoms with van der Waals surface area (Å²) in [4.78, 5) is 28.3. The molecule has 44 heavy (non-hydrogen) atoms. The van der Waals surface area contributed by atoms with Crippen LogP contribution in [0.25, 0.3) is 0 Å². The number of benzene rings is 2. The molecule has 13 nitrogen and oxygen atoms in total. The second-order valence-corrected chi connectivity index (χ2v) is 11.8. The number of amides is 2. The lowest BCUT2D eigenvalue weighted by molar-refractivity contribution is -0.142. The average molecular weight is 618 g/mol. The maximum absolute atomic E-state index is 12.0. The maximum Gasteiger partial charge on any atom is 0.256 e. The number of primary amides is 2. The van der Waals surface area contributed by atoms with Crippen molar-refractivity contribution in [3.63, 3.8) is 0 Å². The third kappa shape index (κ3) is 8.04. The minimum Gasteiger partial charge on any atom is -0.507 e. The molecular weight excluding hydrogens is 570 g/mol. The molecule has 1 aliphatic rings. The molecule has 11 N–H and O–H groups in total. The van der Waals surface area contributed by atoms with E-state index in [0.29, 0.717) is 61.5 Å². The quantitative estimate of drug-likeness (QED) is 0.159. The molecule has 0 aliphatic carbocycles. The van der Waals surface area contributed by atoms with Gasteiger partial charge in [0, 0.05) is 35.3 Å². The van der Waals surface area contributed by atoms with Gasteiger partial charge < -0.3 is 47.4 Å². The Bertz CT molecular complexity index is 1230. The Morgan fingerprint density at radius 2 is 1.09 bits per heavy atom. The summed E-state index contributed by atoms with van der Waals surface area (Å²) in [5, 5.41) is 66.4. The van der Waals surface area contributed by atoms with Gasteiger partial charge in [0.2, 0.25) is 0 Å². The fraction of sp³-hybridized carbons (Fsp3) is 0.548. The van der Waals surface area contributed by atoms with E-state index in [1.165, 1.54) is 12.1 Å². The molecule has 2 unspecified atom stereocenters. The van der Waals surface area contributed by atoms with Gasteiger partial charge in [-0.15, -0.1) is 0 Å². The number of nitrogens with one attached hydrogen (secondary N) is 1. The molecule has 1 fully saturated rings. The van der Waals surface area contributed by atoms with E-state index in [4.69, 9.17) is 11.5 Å². The van der Waals surface area contributed by atoms with Gasteiger partial charge in [0.15, 0.2) is 11.2 Å². The van der Waals surface area contributed by atoms with E-state index >= 15 is 0 Å². The Morgan fingerprint density at radius 1 is 0.727 bits per heavy atom. The summed E-state index contributed by atoms with van der Waals surface area (Å²) in [7, 11) is 0. The van der Waals surface area contributed by atoms with Gasteiger partial charge in [-0.25, -0.2) is 0 Å². The fourth-order valence-electron chi connectivity index (χ4n) is 5.69. The van der Waals surface area contributed by atoms with Gasteiger partial charge >= 0.3 is 0 Å². The van der Waals surface area contributed by atoms with Crippen molar-refractivity contribution in [2.75, 3.05) is 52.5 Å². The Hall–Kier alpha value is -3.30. The van der Waals surface area contributed by atoms with Gasteiger partial charge in [-0.3, -0.25) is 19.4 Å². The fourth-order valence-corrected chi connectivity index (χ4v) is 5.69. The molecule has 1 saturated heterocycles. The van der Waals surface area contributed by atoms with Gasteiger partial charge in [0.05, 0.1) is 13.2 Å². The van der Waals surface area contributed by atoms with E-state index in [9.17, 15) is 40.2 Å². The summed E-state index contributed by atoms with van der Waals surface area (Å²) in [5.41, 5.74) is 7.98. The van der Waals surface area contributed by atoms with E-state index in [2.05, 4.69) is 15.1 Å². The molecule has 0 aromatic heterocycles. The Kier molecular flexibility index (Phi) is 12.1. The number of hydrogen-bond acceptors (Lipinski definition) is 11. The number of phenols is 2. The topological polar surface area (TPSA) is 226 Å². The van der Waals surface area contributed by atoms with Crippen LogP contribution >= 0.6 is 0 Å². The lowest BCUT2D eigenvalue weighted by Crippen LogP contribution is -2.44. The van der Waals surface area contributed by atoms with Crippen LogP contribution in [0, 0.1) is 13.8 Å². The number of rotatable bonds is 10. The van der Waals surface area contributed by atoms with Crippen molar-refractivity contribution >= 4 is 11.8 Å². The van der Waals surface area contributed by atoms with E-state index < -0.39 is 36.2 Å². The predicted octanol–water partition coefficient (Wildman–Crippen LogP) is -0.877. The van der Waals surface area contributed by atoms with E-state index in [1.807, 2.05) is 0 Å². The molecule has 1 heterocycles. The Labute approximate surface area is 257 Å². The minimum atomic E-state index is -2.41. The maximum atomic E-state index is 12.0. The van der Waals surface area contributed by atoms with Gasteiger partial charge in [0.1, 0.15) is 11.5 Å². The zero-order valence-electron chi connectivity index (χ0n) is 25.6. The normalized spacial score (nSPS) is 18.9. The molecule has 3 rings (SSSR count). The number of aryl methyl sites for hydroxylation is 2. The van der Waals surface area contributed by atoms with Crippen LogP contribution in [0.15, 0.2) is 24.3 Å². The van der Waals surface area contributed by atoms with Crippen molar-refractivity contribution in [1.82, 2.24) is 15.1 Å². The van der Waals surface area contributed by atoms with E-state index in [1.54, 1.807) is 26.0 Å². The number of hydrogen-bond donors (Lipinski definition) is 9. The summed E-state index contributed by atoms with van der Waals surface area (Å²) in [6.07, 6.45) is 2.45. The monoisotopic (exact) mass is 617 g/mol. The molecule has 244 valence electrons. The van der Waals surface area contributed by atoms with Gasteiger partial charge in [-0.1, -0.05) is 23.3 Å². The molecule has 0 spiro atoms. The van der Waals surface area contributed by atoms with Crippen molar-refractivity contribution in [1.29, 1.82) is 0 Å². The number of carbonyl (C=O) groups is 2. The van der Waals surface area contributed by atoms with Crippen LogP contribution in [0.2, 0.25) is 0 Å². The molecule has 1 aliphatic heterocycles. The van der Waals surface area contributed by atoms with Crippen LogP contribution in [0.5, 0.6) is 11.5 Å². The predicted molar refractivity (Wildman–Crippen MR) is 163 cm³/mol. The zero-order valence-corrected chi connectivity index (χ0v) is 25.6. The number of nitrogens with zero attached hydrogens (tertiary/aromatic N) is 2. The first kappa shape index (κ1) is 35.2. The van der Waals surface area contributed by atoms with E-state index in [-0.39, 0.29) is 22.6 Å². The SMILES string of the molecule is Cc1cc(CN2CCCNCCCN(Cc3cc(C)cc(C(O)(CO)C(N)=O)c3O)CCC2)c(O)c(C(O)(CO)C(N)=O)c1. The number of aliphatic hydroxyl groups excluding tert-OH is 2. The van der Waals surface area contributed by atoms with Gasteiger partial charge in [0.25, 0.3) is 11.8 Å². The average Bonchev–Trinajstić information content (AvgIpc) is 2.97. The Balaban J connectivity index is 1.82. The molecule has 2 amide bonds. The third-order valence-corrected chi connectivity index (χ3v) is 8.22. The zero-order chi connectivity index (χ0) is 32.7. The molecular formula is C31H47N5O8. The number of phenolic OH excluding ortho intramolecular Hbond substituents is 2. The number of aliphatic hydroxyl groups is 4. The highest BCUT2D eigenvalue weighted by Crippen LogP contribution is 2.35. The van der Waals surface area contributed by atoms with Crippen molar-refractivity contribution in [3.8, 4) is 11.5 Å². The van der Waals surface area contributed by atoms with Crippen molar-refractivity contribution in [3.05, 3.63) is 57.6 Å². The van der Waals surface area contributed by atoms with Crippen molar-refractivity contribution < 1.29 is 40.2 Å². The standard InChI is InChI=1S/C31H47N5O8/c1-20-12-22(26(39)24(14-20)30(43,18-37)28(32)41)16-35-8-3-6-34-7-4-9-36(11-5-10-35)17-23-13-21(2)15-25(27(23)40)31(44,19-38)29(33)42/h12-15,34,37-40,43-44H,3-11,16-19H2,1-2H3,(H2,32,41)(H2,33,42). The second kappa shape index (κ2) is 15.1. The summed E-state index contributed by atoms with van der Waals surface area (Å²) in [6, 6.07) is 6.43. The third-order valence-electron chi connectivity index (χ3n) is 8.22. The van der Waals surface area contributed by atoms with Crippen LogP contribution < -0.4 is 16.8 Å². The second-order valence-electron chi connectivity index (χ2n) is 11.8. The first-order valence-corrected chi connectivity index (χ1v) is 14.8. The lowest BCUT2D eigenvalue weighted by atomic mass is 9.89. The molecule has 13 heteroatoms. The smallest absolute Gasteiger partial charge is 0.256 e. The van der Waals surface area contributed by atoms with Crippen LogP contribution in [-0.4, -0.2) is 105 Å². The largest absolute Gasteiger partial charge is 0.507 e. The highest BCUT2D eigenvalue weighted by Gasteiger charge is 2.40. The summed E-state index contributed by atoms with van der Waals surface area (Å²) in [5.74, 6) is -2.90. The lowest BCUT2D eigenvalue weighted by Gasteiger charge is -2.30. The molecule has 2 aromatic rings. The highest BCUT2D eigenvalue weighted by atomic mass is 16.4. The first-order chi connectivity index (χ1) is 20.8. The van der Waals surface area contributed by atoms with Crippen molar-refractivity contribution in [2.24, 2.45) is 11.5 Å². The first-order valence-electron chi connectivity index (χ1n) is 14.8. The van der Waals surface area contributed by atoms with Crippen LogP contribution in [-0.2, 0) is 33.9 Å². The molecule has 2 atom stereocenters. The molecule has 0 saturated carbocycles. The molecule has 0 radical (unpaired) electrons. The number of carbonyl (C=O) groups excluding carboxylic acids is 2. The molecule has 2 aromatic carbocycles. The number of nitrogens with two attached hydrogens (primary N) is 2. The highest BCUT2D eigenvalue weighted by molar-refractivity contribution is 5.86. The number of aromatic hydroxyl groups is 2. The van der Waals surface area contributed by atoms with Crippen LogP contribution in [0.1, 0.15) is 52.6 Å². The summed E-state index contributed by atoms with van der Waals surface area (Å²) < 4.78 is 0. The van der Waals surface area contributed by atoms with E-state index in [0.717, 1.165) is 32.4 Å². The van der Waals surface area contributed by atoms with Gasteiger partial charge in [-0.05, 0) is 84.5 Å². The van der Waals surface area contributed by atoms with Crippen LogP contribution in [0.3, 0.4) is 0 Å². The summed E-state index contributed by atoms with van der Waals surface area (Å²) in [6.45, 7) is 6.53. The molecule has 0 bridgehead atoms.